The lowest BCUT2D eigenvalue weighted by atomic mass is 10.1. The number of rotatable bonds is 8. The molecule has 10 nitrogen and oxygen atoms in total. The third kappa shape index (κ3) is 4.61. The van der Waals surface area contributed by atoms with Crippen LogP contribution in [0.15, 0.2) is 46.6 Å². The summed E-state index contributed by atoms with van der Waals surface area (Å²) in [6.07, 6.45) is 4.36. The lowest BCUT2D eigenvalue weighted by molar-refractivity contribution is 0.00964. The van der Waals surface area contributed by atoms with Crippen LogP contribution in [0, 0.1) is 0 Å². The van der Waals surface area contributed by atoms with E-state index in [4.69, 9.17) is 9.47 Å². The average molecular weight is 409 g/mol. The number of aromatic nitrogens is 2. The predicted octanol–water partition coefficient (Wildman–Crippen LogP) is 0.883. The van der Waals surface area contributed by atoms with Gasteiger partial charge in [-0.2, -0.15) is 0 Å². The fourth-order valence-corrected chi connectivity index (χ4v) is 3.02. The molecule has 0 spiro atoms. The third-order valence-electron chi connectivity index (χ3n) is 4.52. The van der Waals surface area contributed by atoms with E-state index in [9.17, 15) is 4.79 Å². The van der Waals surface area contributed by atoms with Crippen LogP contribution in [0.4, 0.5) is 5.69 Å². The molecule has 30 heavy (non-hydrogen) atoms. The Morgan fingerprint density at radius 3 is 2.93 bits per heavy atom. The van der Waals surface area contributed by atoms with E-state index in [1.165, 1.54) is 12.4 Å². The molecule has 3 heterocycles. The number of hydrogen-bond acceptors (Lipinski definition) is 9. The van der Waals surface area contributed by atoms with Crippen LogP contribution in [0.5, 0.6) is 5.75 Å². The quantitative estimate of drug-likeness (QED) is 0.510. The van der Waals surface area contributed by atoms with E-state index in [0.717, 1.165) is 23.6 Å². The Balaban J connectivity index is 1.39. The number of amides is 1. The maximum absolute atomic E-state index is 12.3. The van der Waals surface area contributed by atoms with Crippen molar-refractivity contribution in [1.82, 2.24) is 25.1 Å². The lowest BCUT2D eigenvalue weighted by Gasteiger charge is -2.21. The van der Waals surface area contributed by atoms with Crippen LogP contribution in [0.2, 0.25) is 0 Å². The number of nitrogens with zero attached hydrogens (tertiary/aromatic N) is 6. The number of carbonyl (C=O) groups excluding carboxylic acids is 1. The standard InChI is InChI=1S/C20H23N7O3/c1-26(2)8-9-29-13-30-14-4-5-15-16(10-14)23-12-27-11-17(24-19(15)27)25-20(28)18-21-6-3-7-22-18/h3-7,10,12,17H,8-9,11,13H2,1-2H3,(H,25,28). The van der Waals surface area contributed by atoms with Crippen molar-refractivity contribution in [2.75, 3.05) is 40.6 Å². The van der Waals surface area contributed by atoms with Crippen LogP contribution >= 0.6 is 0 Å². The second-order valence-electron chi connectivity index (χ2n) is 7.06. The Kier molecular flexibility index (Phi) is 5.96. The molecule has 0 aliphatic carbocycles. The number of fused-ring (bicyclic) bond motifs is 3. The summed E-state index contributed by atoms with van der Waals surface area (Å²) >= 11 is 0. The molecule has 1 amide bonds. The molecule has 2 aliphatic heterocycles. The Morgan fingerprint density at radius 1 is 1.30 bits per heavy atom. The summed E-state index contributed by atoms with van der Waals surface area (Å²) in [5.74, 6) is 1.19. The zero-order valence-corrected chi connectivity index (χ0v) is 16.9. The van der Waals surface area contributed by atoms with Crippen LogP contribution in [0.3, 0.4) is 0 Å². The molecule has 2 aromatic rings. The number of aliphatic imine (C=N–C) groups is 2. The topological polar surface area (TPSA) is 105 Å². The maximum atomic E-state index is 12.3. The monoisotopic (exact) mass is 409 g/mol. The van der Waals surface area contributed by atoms with Crippen LogP contribution in [-0.4, -0.2) is 84.6 Å². The molecule has 0 radical (unpaired) electrons. The zero-order valence-electron chi connectivity index (χ0n) is 16.9. The molecular weight excluding hydrogens is 386 g/mol. The van der Waals surface area contributed by atoms with Gasteiger partial charge in [0.2, 0.25) is 5.82 Å². The van der Waals surface area contributed by atoms with Crippen molar-refractivity contribution < 1.29 is 14.3 Å². The summed E-state index contributed by atoms with van der Waals surface area (Å²) in [4.78, 5) is 33.3. The molecule has 4 rings (SSSR count). The van der Waals surface area contributed by atoms with Gasteiger partial charge in [-0.25, -0.2) is 20.0 Å². The van der Waals surface area contributed by atoms with E-state index >= 15 is 0 Å². The Bertz CT molecular complexity index is 962. The molecule has 1 N–H and O–H groups in total. The highest BCUT2D eigenvalue weighted by molar-refractivity contribution is 6.11. The fraction of sp³-hybridized carbons (Fsp3) is 0.350. The van der Waals surface area contributed by atoms with Crippen molar-refractivity contribution in [2.45, 2.75) is 6.17 Å². The van der Waals surface area contributed by atoms with Gasteiger partial charge in [-0.15, -0.1) is 0 Å². The summed E-state index contributed by atoms with van der Waals surface area (Å²) in [6.45, 7) is 2.11. The number of ether oxygens (including phenoxy) is 2. The van der Waals surface area contributed by atoms with E-state index in [0.29, 0.717) is 18.9 Å². The van der Waals surface area contributed by atoms with Gasteiger partial charge in [0.05, 0.1) is 25.2 Å². The minimum Gasteiger partial charge on any atom is -0.467 e. The Labute approximate surface area is 174 Å². The molecule has 156 valence electrons. The Morgan fingerprint density at radius 2 is 2.13 bits per heavy atom. The largest absolute Gasteiger partial charge is 0.467 e. The van der Waals surface area contributed by atoms with Crippen LogP contribution in [0.25, 0.3) is 0 Å². The first kappa shape index (κ1) is 19.9. The van der Waals surface area contributed by atoms with Crippen molar-refractivity contribution in [3.05, 3.63) is 48.0 Å². The molecule has 1 unspecified atom stereocenters. The molecule has 0 saturated heterocycles. The van der Waals surface area contributed by atoms with Crippen molar-refractivity contribution in [1.29, 1.82) is 0 Å². The summed E-state index contributed by atoms with van der Waals surface area (Å²) < 4.78 is 11.1. The van der Waals surface area contributed by atoms with Crippen LogP contribution < -0.4 is 10.1 Å². The van der Waals surface area contributed by atoms with Gasteiger partial charge in [-0.1, -0.05) is 0 Å². The fourth-order valence-electron chi connectivity index (χ4n) is 3.02. The zero-order chi connectivity index (χ0) is 20.9. The van der Waals surface area contributed by atoms with Crippen molar-refractivity contribution in [2.24, 2.45) is 9.98 Å². The average Bonchev–Trinajstić information content (AvgIpc) is 3.16. The summed E-state index contributed by atoms with van der Waals surface area (Å²) in [7, 11) is 3.98. The van der Waals surface area contributed by atoms with Gasteiger partial charge in [0.15, 0.2) is 6.79 Å². The smallest absolute Gasteiger partial charge is 0.290 e. The summed E-state index contributed by atoms with van der Waals surface area (Å²) in [5.41, 5.74) is 1.64. The van der Waals surface area contributed by atoms with Crippen LogP contribution in [0.1, 0.15) is 16.2 Å². The molecular formula is C20H23N7O3. The van der Waals surface area contributed by atoms with Gasteiger partial charge in [-0.3, -0.25) is 4.79 Å². The van der Waals surface area contributed by atoms with Gasteiger partial charge >= 0.3 is 0 Å². The molecule has 1 aromatic heterocycles. The minimum absolute atomic E-state index is 0.117. The Hall–Kier alpha value is -3.37. The van der Waals surface area contributed by atoms with Crippen LogP contribution in [-0.2, 0) is 4.74 Å². The predicted molar refractivity (Wildman–Crippen MR) is 111 cm³/mol. The highest BCUT2D eigenvalue weighted by Gasteiger charge is 2.30. The van der Waals surface area contributed by atoms with Crippen molar-refractivity contribution >= 4 is 23.8 Å². The van der Waals surface area contributed by atoms with Gasteiger partial charge < -0.3 is 24.6 Å². The second kappa shape index (κ2) is 8.97. The first-order valence-electron chi connectivity index (χ1n) is 9.56. The second-order valence-corrected chi connectivity index (χ2v) is 7.06. The number of likely N-dealkylation sites (N-methyl/N-ethyl adjacent to an activating group) is 1. The SMILES string of the molecule is CN(C)CCOCOc1ccc2c(c1)N=CN1CC(NC(=O)c3ncccn3)N=C21. The molecule has 0 fully saturated rings. The van der Waals surface area contributed by atoms with E-state index in [-0.39, 0.29) is 18.5 Å². The van der Waals surface area contributed by atoms with Crippen molar-refractivity contribution in [3.8, 4) is 5.75 Å². The van der Waals surface area contributed by atoms with E-state index in [1.807, 2.05) is 42.1 Å². The molecule has 1 atom stereocenters. The molecule has 0 bridgehead atoms. The third-order valence-corrected chi connectivity index (χ3v) is 4.52. The number of nitrogens with one attached hydrogen (secondary N) is 1. The van der Waals surface area contributed by atoms with Gasteiger partial charge in [0.1, 0.15) is 17.8 Å². The molecule has 0 saturated carbocycles. The lowest BCUT2D eigenvalue weighted by Crippen LogP contribution is -2.39. The summed E-state index contributed by atoms with van der Waals surface area (Å²) in [5, 5.41) is 2.84. The number of benzene rings is 1. The van der Waals surface area contributed by atoms with E-state index < -0.39 is 6.17 Å². The number of hydrogen-bond donors (Lipinski definition) is 1. The number of amidine groups is 1. The summed E-state index contributed by atoms with van der Waals surface area (Å²) in [6, 6.07) is 7.29. The normalized spacial score (nSPS) is 16.8. The van der Waals surface area contributed by atoms with E-state index in [2.05, 4.69) is 25.3 Å². The highest BCUT2D eigenvalue weighted by atomic mass is 16.7. The van der Waals surface area contributed by atoms with Gasteiger partial charge in [0.25, 0.3) is 5.91 Å². The van der Waals surface area contributed by atoms with Gasteiger partial charge in [-0.05, 0) is 32.3 Å². The molecule has 2 aliphatic rings. The molecule has 10 heteroatoms. The number of carbonyl (C=O) groups is 1. The molecule has 1 aromatic carbocycles. The first-order valence-corrected chi connectivity index (χ1v) is 9.56. The van der Waals surface area contributed by atoms with Crippen molar-refractivity contribution in [3.63, 3.8) is 0 Å². The van der Waals surface area contributed by atoms with E-state index in [1.54, 1.807) is 12.4 Å². The first-order chi connectivity index (χ1) is 14.6. The maximum Gasteiger partial charge on any atom is 0.290 e. The minimum atomic E-state index is -0.408. The highest BCUT2D eigenvalue weighted by Crippen LogP contribution is 2.31. The van der Waals surface area contributed by atoms with Gasteiger partial charge in [0, 0.05) is 30.6 Å².